The Kier molecular flexibility index (Phi) is 10.6. The zero-order valence-electron chi connectivity index (χ0n) is 40.4. The summed E-state index contributed by atoms with van der Waals surface area (Å²) in [6.45, 7) is 4.72. The van der Waals surface area contributed by atoms with Crippen LogP contribution in [0.2, 0.25) is 0 Å². The van der Waals surface area contributed by atoms with Crippen molar-refractivity contribution in [2.45, 2.75) is 19.3 Å². The topological polar surface area (TPSA) is 3.24 Å². The molecule has 0 aromatic heterocycles. The summed E-state index contributed by atoms with van der Waals surface area (Å²) >= 11 is 0. The minimum atomic E-state index is -0.0930. The first-order valence-corrected chi connectivity index (χ1v) is 25.1. The average Bonchev–Trinajstić information content (AvgIpc) is 3.68. The highest BCUT2D eigenvalue weighted by Gasteiger charge is 2.35. The van der Waals surface area contributed by atoms with Gasteiger partial charge < -0.3 is 4.90 Å². The molecule has 0 bridgehead atoms. The van der Waals surface area contributed by atoms with Crippen LogP contribution in [0.4, 0.5) is 17.1 Å². The number of fused-ring (bicyclic) bond motifs is 6. The van der Waals surface area contributed by atoms with Crippen molar-refractivity contribution in [1.82, 2.24) is 0 Å². The Hall–Kier alpha value is -9.04. The third-order valence-corrected chi connectivity index (χ3v) is 15.1. The lowest BCUT2D eigenvalue weighted by Crippen LogP contribution is -2.14. The molecule has 0 N–H and O–H groups in total. The number of hydrogen-bond donors (Lipinski definition) is 0. The lowest BCUT2D eigenvalue weighted by Gasteiger charge is -2.31. The Labute approximate surface area is 422 Å². The second kappa shape index (κ2) is 17.7. The van der Waals surface area contributed by atoms with Crippen LogP contribution in [0.15, 0.2) is 273 Å². The molecule has 340 valence electrons. The molecule has 0 radical (unpaired) electrons. The van der Waals surface area contributed by atoms with Crippen molar-refractivity contribution in [3.05, 3.63) is 284 Å². The van der Waals surface area contributed by atoms with E-state index in [-0.39, 0.29) is 5.41 Å². The van der Waals surface area contributed by atoms with Gasteiger partial charge in [-0.1, -0.05) is 244 Å². The van der Waals surface area contributed by atoms with Crippen molar-refractivity contribution in [2.24, 2.45) is 0 Å². The van der Waals surface area contributed by atoms with Crippen molar-refractivity contribution < 1.29 is 0 Å². The van der Waals surface area contributed by atoms with E-state index >= 15 is 0 Å². The number of nitrogens with zero attached hydrogens (tertiary/aromatic N) is 1. The Bertz CT molecular complexity index is 3960. The molecule has 13 rings (SSSR count). The fraction of sp³-hybridized carbons (Fsp3) is 0.0423. The van der Waals surface area contributed by atoms with Gasteiger partial charge in [-0.05, 0) is 142 Å². The SMILES string of the molecule is CC1(C)c2ccccc2-c2cc(-c3cccc(N(c4ccc(-c5cc6ccccc6c6ccccc56)cc4)c4ccc(-c5ccccc5)cc4-c4ccccc4)c3-c3ccc(-c4ccccc4)cc3)ccc21. The van der Waals surface area contributed by atoms with Gasteiger partial charge in [0.1, 0.15) is 0 Å². The summed E-state index contributed by atoms with van der Waals surface area (Å²) in [4.78, 5) is 2.51. The predicted molar refractivity (Wildman–Crippen MR) is 306 cm³/mol. The van der Waals surface area contributed by atoms with Gasteiger partial charge in [-0.2, -0.15) is 0 Å². The van der Waals surface area contributed by atoms with E-state index in [0.29, 0.717) is 0 Å². The molecule has 0 aliphatic heterocycles. The van der Waals surface area contributed by atoms with E-state index in [1.165, 1.54) is 93.9 Å². The maximum absolute atomic E-state index is 2.51. The molecule has 0 atom stereocenters. The van der Waals surface area contributed by atoms with Crippen LogP contribution >= 0.6 is 0 Å². The van der Waals surface area contributed by atoms with Gasteiger partial charge >= 0.3 is 0 Å². The average molecular weight is 918 g/mol. The van der Waals surface area contributed by atoms with Crippen molar-refractivity contribution in [2.75, 3.05) is 4.90 Å². The summed E-state index contributed by atoms with van der Waals surface area (Å²) in [5.74, 6) is 0. The first-order valence-electron chi connectivity index (χ1n) is 25.1. The highest BCUT2D eigenvalue weighted by Crippen LogP contribution is 2.53. The fourth-order valence-corrected chi connectivity index (χ4v) is 11.5. The summed E-state index contributed by atoms with van der Waals surface area (Å²) in [7, 11) is 0. The summed E-state index contributed by atoms with van der Waals surface area (Å²) < 4.78 is 0. The Balaban J connectivity index is 1.07. The number of anilines is 3. The molecule has 1 nitrogen and oxygen atoms in total. The van der Waals surface area contributed by atoms with Gasteiger partial charge in [-0.25, -0.2) is 0 Å². The minimum Gasteiger partial charge on any atom is -0.309 e. The lowest BCUT2D eigenvalue weighted by atomic mass is 9.82. The molecule has 1 aliphatic rings. The van der Waals surface area contributed by atoms with Gasteiger partial charge in [-0.15, -0.1) is 0 Å². The summed E-state index contributed by atoms with van der Waals surface area (Å²) in [5.41, 5.74) is 22.6. The second-order valence-electron chi connectivity index (χ2n) is 19.6. The maximum atomic E-state index is 2.51. The van der Waals surface area contributed by atoms with E-state index in [1.54, 1.807) is 0 Å². The van der Waals surface area contributed by atoms with E-state index in [0.717, 1.165) is 33.8 Å². The van der Waals surface area contributed by atoms with Crippen LogP contribution in [-0.2, 0) is 5.41 Å². The van der Waals surface area contributed by atoms with Gasteiger partial charge in [0, 0.05) is 22.2 Å². The van der Waals surface area contributed by atoms with E-state index in [4.69, 9.17) is 0 Å². The first kappa shape index (κ1) is 43.0. The third-order valence-electron chi connectivity index (χ3n) is 15.1. The summed E-state index contributed by atoms with van der Waals surface area (Å²) in [6.07, 6.45) is 0. The molecule has 12 aromatic rings. The van der Waals surface area contributed by atoms with E-state index in [9.17, 15) is 0 Å². The fourth-order valence-electron chi connectivity index (χ4n) is 11.5. The van der Waals surface area contributed by atoms with Crippen LogP contribution in [0.5, 0.6) is 0 Å². The van der Waals surface area contributed by atoms with Crippen LogP contribution < -0.4 is 4.90 Å². The summed E-state index contributed by atoms with van der Waals surface area (Å²) in [5, 5.41) is 5.02. The van der Waals surface area contributed by atoms with E-state index < -0.39 is 0 Å². The molecular formula is C71H51N. The molecule has 0 saturated heterocycles. The molecule has 0 heterocycles. The molecule has 0 unspecified atom stereocenters. The van der Waals surface area contributed by atoms with Crippen LogP contribution in [0, 0.1) is 0 Å². The smallest absolute Gasteiger partial charge is 0.0546 e. The van der Waals surface area contributed by atoms with Crippen LogP contribution in [0.25, 0.3) is 99.4 Å². The highest BCUT2D eigenvalue weighted by molar-refractivity contribution is 6.14. The molecule has 0 fully saturated rings. The molecular weight excluding hydrogens is 867 g/mol. The lowest BCUT2D eigenvalue weighted by molar-refractivity contribution is 0.660. The maximum Gasteiger partial charge on any atom is 0.0546 e. The van der Waals surface area contributed by atoms with Crippen molar-refractivity contribution in [1.29, 1.82) is 0 Å². The normalized spacial score (nSPS) is 12.4. The van der Waals surface area contributed by atoms with Crippen LogP contribution in [0.3, 0.4) is 0 Å². The Morgan fingerprint density at radius 3 is 1.50 bits per heavy atom. The Morgan fingerprint density at radius 1 is 0.264 bits per heavy atom. The molecule has 0 spiro atoms. The number of rotatable bonds is 9. The molecule has 1 aliphatic carbocycles. The largest absolute Gasteiger partial charge is 0.309 e. The van der Waals surface area contributed by atoms with Gasteiger partial charge in [-0.3, -0.25) is 0 Å². The standard InChI is InChI=1S/C71H51N/c1-71(2)66-31-17-16-29-62(66)65-47-56(39-43-67(65)71)59-30-18-32-69(70(59)53-35-33-50(34-36-53)48-19-6-3-7-20-48)72(68-44-40-54(49-21-8-4-9-22-49)45-64(68)51-23-10-5-11-24-51)57-41-37-52(38-42-57)63-46-55-25-12-13-26-58(55)60-27-14-15-28-61(60)63/h3-47H,1-2H3. The molecule has 72 heavy (non-hydrogen) atoms. The van der Waals surface area contributed by atoms with E-state index in [1.807, 2.05) is 0 Å². The monoisotopic (exact) mass is 917 g/mol. The van der Waals surface area contributed by atoms with E-state index in [2.05, 4.69) is 292 Å². The molecule has 0 saturated carbocycles. The quantitative estimate of drug-likeness (QED) is 0.130. The van der Waals surface area contributed by atoms with Gasteiger partial charge in [0.05, 0.1) is 11.4 Å². The first-order chi connectivity index (χ1) is 35.5. The number of benzene rings is 12. The molecule has 1 heteroatoms. The van der Waals surface area contributed by atoms with Crippen LogP contribution in [0.1, 0.15) is 25.0 Å². The second-order valence-corrected chi connectivity index (χ2v) is 19.6. The third kappa shape index (κ3) is 7.41. The van der Waals surface area contributed by atoms with Gasteiger partial charge in [0.25, 0.3) is 0 Å². The zero-order chi connectivity index (χ0) is 48.2. The zero-order valence-corrected chi connectivity index (χ0v) is 40.4. The van der Waals surface area contributed by atoms with Crippen molar-refractivity contribution in [3.8, 4) is 77.9 Å². The Morgan fingerprint density at radius 2 is 0.764 bits per heavy atom. The highest BCUT2D eigenvalue weighted by atomic mass is 15.1. The van der Waals surface area contributed by atoms with Gasteiger partial charge in [0.2, 0.25) is 0 Å². The molecule has 12 aromatic carbocycles. The van der Waals surface area contributed by atoms with Crippen molar-refractivity contribution in [3.63, 3.8) is 0 Å². The van der Waals surface area contributed by atoms with Crippen LogP contribution in [-0.4, -0.2) is 0 Å². The predicted octanol–water partition coefficient (Wildman–Crippen LogP) is 19.8. The summed E-state index contributed by atoms with van der Waals surface area (Å²) in [6, 6.07) is 101. The molecule has 0 amide bonds. The number of hydrogen-bond acceptors (Lipinski definition) is 1. The minimum absolute atomic E-state index is 0.0930. The van der Waals surface area contributed by atoms with Crippen molar-refractivity contribution >= 4 is 38.6 Å². The van der Waals surface area contributed by atoms with Gasteiger partial charge in [0.15, 0.2) is 0 Å².